The van der Waals surface area contributed by atoms with Gasteiger partial charge >= 0.3 is 5.97 Å². The van der Waals surface area contributed by atoms with Crippen molar-refractivity contribution in [1.29, 1.82) is 0 Å². The van der Waals surface area contributed by atoms with E-state index in [-0.39, 0.29) is 23.9 Å². The Kier molecular flexibility index (Phi) is 5.71. The van der Waals surface area contributed by atoms with Gasteiger partial charge in [0.05, 0.1) is 5.92 Å². The molecule has 4 saturated carbocycles. The summed E-state index contributed by atoms with van der Waals surface area (Å²) in [7, 11) is 0. The molecular weight excluding hydrogens is 324 g/mol. The van der Waals surface area contributed by atoms with Gasteiger partial charge in [0.15, 0.2) is 0 Å². The fourth-order valence-electron chi connectivity index (χ4n) is 6.71. The SMILES string of the molecule is CC1CC2CC1C(C(=O)OC1CCCCC1)C2C(=O)CC1CCCCC1. The van der Waals surface area contributed by atoms with Gasteiger partial charge in [-0.3, -0.25) is 9.59 Å². The maximum Gasteiger partial charge on any atom is 0.310 e. The Balaban J connectivity index is 1.43. The van der Waals surface area contributed by atoms with E-state index in [1.165, 1.54) is 51.4 Å². The first-order valence-corrected chi connectivity index (χ1v) is 11.4. The molecule has 5 unspecified atom stereocenters. The predicted octanol–water partition coefficient (Wildman–Crippen LogP) is 5.31. The smallest absolute Gasteiger partial charge is 0.310 e. The third kappa shape index (κ3) is 3.73. The second-order valence-corrected chi connectivity index (χ2v) is 9.80. The fourth-order valence-corrected chi connectivity index (χ4v) is 6.71. The zero-order chi connectivity index (χ0) is 18.1. The maximum absolute atomic E-state index is 13.2. The van der Waals surface area contributed by atoms with Gasteiger partial charge in [-0.05, 0) is 62.2 Å². The van der Waals surface area contributed by atoms with Gasteiger partial charge in [-0.25, -0.2) is 0 Å². The number of carbonyl (C=O) groups is 2. The molecule has 4 fully saturated rings. The molecule has 0 amide bonds. The van der Waals surface area contributed by atoms with Crippen LogP contribution in [0.3, 0.4) is 0 Å². The van der Waals surface area contributed by atoms with Crippen molar-refractivity contribution in [2.75, 3.05) is 0 Å². The highest BCUT2D eigenvalue weighted by Gasteiger charge is 2.57. The number of ether oxygens (including phenoxy) is 1. The number of hydrogen-bond donors (Lipinski definition) is 0. The molecule has 4 aliphatic carbocycles. The van der Waals surface area contributed by atoms with E-state index in [0.29, 0.717) is 29.5 Å². The molecule has 0 N–H and O–H groups in total. The van der Waals surface area contributed by atoms with Crippen molar-refractivity contribution >= 4 is 11.8 Å². The third-order valence-corrected chi connectivity index (χ3v) is 8.03. The van der Waals surface area contributed by atoms with E-state index < -0.39 is 0 Å². The molecule has 0 aromatic heterocycles. The Morgan fingerprint density at radius 3 is 2.19 bits per heavy atom. The molecule has 0 spiro atoms. The monoisotopic (exact) mass is 360 g/mol. The van der Waals surface area contributed by atoms with Crippen LogP contribution in [-0.2, 0) is 14.3 Å². The van der Waals surface area contributed by atoms with Crippen LogP contribution < -0.4 is 0 Å². The number of fused-ring (bicyclic) bond motifs is 2. The summed E-state index contributed by atoms with van der Waals surface area (Å²) >= 11 is 0. The second-order valence-electron chi connectivity index (χ2n) is 9.80. The molecule has 3 heteroatoms. The van der Waals surface area contributed by atoms with Crippen LogP contribution in [-0.4, -0.2) is 17.9 Å². The lowest BCUT2D eigenvalue weighted by atomic mass is 9.70. The van der Waals surface area contributed by atoms with Crippen LogP contribution in [0.1, 0.15) is 90.4 Å². The molecule has 3 nitrogen and oxygen atoms in total. The van der Waals surface area contributed by atoms with E-state index in [9.17, 15) is 9.59 Å². The lowest BCUT2D eigenvalue weighted by Crippen LogP contribution is -2.40. The molecule has 0 aromatic rings. The van der Waals surface area contributed by atoms with Crippen molar-refractivity contribution in [3.63, 3.8) is 0 Å². The largest absolute Gasteiger partial charge is 0.462 e. The van der Waals surface area contributed by atoms with Crippen molar-refractivity contribution in [3.05, 3.63) is 0 Å². The summed E-state index contributed by atoms with van der Waals surface area (Å²) in [5, 5.41) is 0. The second kappa shape index (κ2) is 8.02. The third-order valence-electron chi connectivity index (χ3n) is 8.03. The number of carbonyl (C=O) groups excluding carboxylic acids is 2. The summed E-state index contributed by atoms with van der Waals surface area (Å²) in [4.78, 5) is 26.3. The summed E-state index contributed by atoms with van der Waals surface area (Å²) in [5.41, 5.74) is 0. The lowest BCUT2D eigenvalue weighted by Gasteiger charge is -2.34. The molecule has 0 radical (unpaired) electrons. The van der Waals surface area contributed by atoms with Gasteiger partial charge in [0.1, 0.15) is 11.9 Å². The van der Waals surface area contributed by atoms with E-state index in [1.807, 2.05) is 0 Å². The summed E-state index contributed by atoms with van der Waals surface area (Å²) in [6.07, 6.45) is 15.0. The zero-order valence-corrected chi connectivity index (χ0v) is 16.5. The topological polar surface area (TPSA) is 43.4 Å². The van der Waals surface area contributed by atoms with Gasteiger partial charge in [-0.1, -0.05) is 45.4 Å². The van der Waals surface area contributed by atoms with Crippen molar-refractivity contribution in [3.8, 4) is 0 Å². The molecular formula is C23H36O3. The molecule has 0 aromatic carbocycles. The van der Waals surface area contributed by atoms with Crippen molar-refractivity contribution < 1.29 is 14.3 Å². The van der Waals surface area contributed by atoms with E-state index in [4.69, 9.17) is 4.74 Å². The number of hydrogen-bond acceptors (Lipinski definition) is 3. The molecule has 4 aliphatic rings. The first kappa shape index (κ1) is 18.5. The minimum Gasteiger partial charge on any atom is -0.462 e. The number of rotatable bonds is 5. The highest BCUT2D eigenvalue weighted by atomic mass is 16.5. The predicted molar refractivity (Wildman–Crippen MR) is 102 cm³/mol. The molecule has 26 heavy (non-hydrogen) atoms. The van der Waals surface area contributed by atoms with Crippen molar-refractivity contribution in [2.24, 2.45) is 35.5 Å². The maximum atomic E-state index is 13.2. The standard InChI is InChI=1S/C23H36O3/c1-15-12-17-14-19(15)22(23(25)26-18-10-6-3-7-11-18)21(17)20(24)13-16-8-4-2-5-9-16/h15-19,21-22H,2-14H2,1H3. The van der Waals surface area contributed by atoms with Crippen LogP contribution in [0.4, 0.5) is 0 Å². The highest BCUT2D eigenvalue weighted by Crippen LogP contribution is 2.56. The van der Waals surface area contributed by atoms with Gasteiger partial charge in [-0.15, -0.1) is 0 Å². The van der Waals surface area contributed by atoms with E-state index >= 15 is 0 Å². The van der Waals surface area contributed by atoms with E-state index in [0.717, 1.165) is 32.1 Å². The fraction of sp³-hybridized carbons (Fsp3) is 0.913. The summed E-state index contributed by atoms with van der Waals surface area (Å²) in [6, 6.07) is 0. The minimum absolute atomic E-state index is 0.0297. The van der Waals surface area contributed by atoms with Gasteiger partial charge in [-0.2, -0.15) is 0 Å². The summed E-state index contributed by atoms with van der Waals surface area (Å²) in [6.45, 7) is 2.27. The highest BCUT2D eigenvalue weighted by molar-refractivity contribution is 5.88. The molecule has 146 valence electrons. The first-order valence-electron chi connectivity index (χ1n) is 11.4. The Morgan fingerprint density at radius 1 is 0.846 bits per heavy atom. The minimum atomic E-state index is -0.137. The van der Waals surface area contributed by atoms with Crippen molar-refractivity contribution in [2.45, 2.75) is 96.5 Å². The van der Waals surface area contributed by atoms with Gasteiger partial charge in [0.25, 0.3) is 0 Å². The molecule has 0 aliphatic heterocycles. The van der Waals surface area contributed by atoms with Gasteiger partial charge in [0.2, 0.25) is 0 Å². The molecule has 4 rings (SSSR count). The summed E-state index contributed by atoms with van der Waals surface area (Å²) in [5.74, 6) is 2.16. The zero-order valence-electron chi connectivity index (χ0n) is 16.5. The molecule has 0 saturated heterocycles. The average Bonchev–Trinajstić information content (AvgIpc) is 3.20. The molecule has 0 heterocycles. The van der Waals surface area contributed by atoms with Gasteiger partial charge < -0.3 is 4.74 Å². The Hall–Kier alpha value is -0.860. The van der Waals surface area contributed by atoms with E-state index in [2.05, 4.69) is 6.92 Å². The van der Waals surface area contributed by atoms with Crippen LogP contribution in [0.2, 0.25) is 0 Å². The Morgan fingerprint density at radius 2 is 1.50 bits per heavy atom. The van der Waals surface area contributed by atoms with Crippen molar-refractivity contribution in [1.82, 2.24) is 0 Å². The van der Waals surface area contributed by atoms with Gasteiger partial charge in [0, 0.05) is 12.3 Å². The van der Waals surface area contributed by atoms with E-state index in [1.54, 1.807) is 0 Å². The van der Waals surface area contributed by atoms with Crippen LogP contribution in [0.15, 0.2) is 0 Å². The normalized spacial score (nSPS) is 38.4. The number of esters is 1. The Labute approximate surface area is 158 Å². The lowest BCUT2D eigenvalue weighted by molar-refractivity contribution is -0.162. The van der Waals surface area contributed by atoms with Crippen LogP contribution in [0.5, 0.6) is 0 Å². The quantitative estimate of drug-likeness (QED) is 0.624. The first-order chi connectivity index (χ1) is 12.6. The Bertz CT molecular complexity index is 516. The summed E-state index contributed by atoms with van der Waals surface area (Å²) < 4.78 is 5.96. The molecule has 2 bridgehead atoms. The molecule has 5 atom stereocenters. The van der Waals surface area contributed by atoms with Crippen LogP contribution in [0, 0.1) is 35.5 Å². The number of Topliss-reactive ketones (excluding diaryl/α,β-unsaturated/α-hetero) is 1. The van der Waals surface area contributed by atoms with Crippen LogP contribution in [0.25, 0.3) is 0 Å². The number of ketones is 1. The average molecular weight is 361 g/mol. The van der Waals surface area contributed by atoms with Crippen LogP contribution >= 0.6 is 0 Å².